The van der Waals surface area contributed by atoms with Crippen molar-refractivity contribution in [3.8, 4) is 0 Å². The highest BCUT2D eigenvalue weighted by Crippen LogP contribution is 2.27. The lowest BCUT2D eigenvalue weighted by Crippen LogP contribution is -2.49. The molecule has 218 valence electrons. The molecule has 3 aliphatic rings. The minimum absolute atomic E-state index is 0.0417. The molecule has 0 atom stereocenters. The summed E-state index contributed by atoms with van der Waals surface area (Å²) in [7, 11) is 0. The Hall–Kier alpha value is -2.66. The maximum Gasteiger partial charge on any atom is 0.303 e. The maximum absolute atomic E-state index is 12.2. The van der Waals surface area contributed by atoms with E-state index in [0.29, 0.717) is 44.0 Å². The van der Waals surface area contributed by atoms with Crippen molar-refractivity contribution in [3.05, 3.63) is 6.07 Å². The number of rotatable bonds is 13. The number of piperazine rings is 1. The third-order valence-corrected chi connectivity index (χ3v) is 8.42. The molecule has 39 heavy (non-hydrogen) atoms. The van der Waals surface area contributed by atoms with E-state index in [1.165, 1.54) is 51.4 Å². The van der Waals surface area contributed by atoms with Gasteiger partial charge in [0.25, 0.3) is 0 Å². The first kappa shape index (κ1) is 29.3. The quantitative estimate of drug-likeness (QED) is 0.234. The van der Waals surface area contributed by atoms with Gasteiger partial charge in [0.05, 0.1) is 6.42 Å². The van der Waals surface area contributed by atoms with Crippen molar-refractivity contribution >= 4 is 29.5 Å². The van der Waals surface area contributed by atoms with Crippen molar-refractivity contribution in [3.63, 3.8) is 0 Å². The highest BCUT2D eigenvalue weighted by molar-refractivity contribution is 5.81. The molecule has 0 unspecified atom stereocenters. The lowest BCUT2D eigenvalue weighted by Gasteiger charge is -2.35. The van der Waals surface area contributed by atoms with Crippen LogP contribution < -0.4 is 26.6 Å². The highest BCUT2D eigenvalue weighted by Gasteiger charge is 2.25. The zero-order valence-corrected chi connectivity index (χ0v) is 23.4. The van der Waals surface area contributed by atoms with Gasteiger partial charge in [0.1, 0.15) is 11.6 Å². The van der Waals surface area contributed by atoms with Crippen molar-refractivity contribution < 1.29 is 14.7 Å². The Morgan fingerprint density at radius 3 is 2.38 bits per heavy atom. The molecular formula is C28H48N8O3. The summed E-state index contributed by atoms with van der Waals surface area (Å²) in [5, 5.41) is 19.7. The summed E-state index contributed by atoms with van der Waals surface area (Å²) >= 11 is 0. The summed E-state index contributed by atoms with van der Waals surface area (Å²) in [6.45, 7) is 5.65. The van der Waals surface area contributed by atoms with E-state index in [9.17, 15) is 9.59 Å². The van der Waals surface area contributed by atoms with E-state index in [-0.39, 0.29) is 18.7 Å². The number of nitrogens with one attached hydrogen (secondary N) is 3. The number of amides is 1. The average Bonchev–Trinajstić information content (AvgIpc) is 2.95. The lowest BCUT2D eigenvalue weighted by molar-refractivity contribution is -0.141. The third kappa shape index (κ3) is 9.79. The molecule has 3 fully saturated rings. The van der Waals surface area contributed by atoms with Crippen LogP contribution in [0.15, 0.2) is 6.07 Å². The Morgan fingerprint density at radius 2 is 1.67 bits per heavy atom. The number of hydrogen-bond acceptors (Lipinski definition) is 9. The minimum atomic E-state index is -0.948. The molecule has 6 N–H and O–H groups in total. The number of nitrogen functional groups attached to an aromatic ring is 1. The van der Waals surface area contributed by atoms with Crippen LogP contribution in [0.1, 0.15) is 77.0 Å². The van der Waals surface area contributed by atoms with Gasteiger partial charge >= 0.3 is 5.97 Å². The number of hydrogen-bond donors (Lipinski definition) is 5. The molecule has 1 saturated heterocycles. The van der Waals surface area contributed by atoms with E-state index in [1.54, 1.807) is 11.0 Å². The van der Waals surface area contributed by atoms with Gasteiger partial charge in [-0.2, -0.15) is 9.97 Å². The van der Waals surface area contributed by atoms with Gasteiger partial charge < -0.3 is 36.6 Å². The molecule has 0 bridgehead atoms. The molecule has 2 saturated carbocycles. The van der Waals surface area contributed by atoms with E-state index >= 15 is 0 Å². The van der Waals surface area contributed by atoms with Crippen molar-refractivity contribution in [1.82, 2.24) is 25.5 Å². The molecule has 0 spiro atoms. The Kier molecular flexibility index (Phi) is 11.4. The lowest BCUT2D eigenvalue weighted by atomic mass is 9.86. The molecule has 1 aromatic rings. The summed E-state index contributed by atoms with van der Waals surface area (Å²) in [5.74, 6) is 1.42. The smallest absolute Gasteiger partial charge is 0.303 e. The number of carbonyl (C=O) groups excluding carboxylic acids is 1. The van der Waals surface area contributed by atoms with E-state index in [1.807, 2.05) is 0 Å². The Morgan fingerprint density at radius 1 is 0.923 bits per heavy atom. The minimum Gasteiger partial charge on any atom is -0.481 e. The summed E-state index contributed by atoms with van der Waals surface area (Å²) in [6, 6.07) is 2.87. The van der Waals surface area contributed by atoms with Gasteiger partial charge in [-0.25, -0.2) is 0 Å². The molecule has 0 aromatic carbocycles. The normalized spacial score (nSPS) is 22.6. The number of aromatic nitrogens is 2. The average molecular weight is 545 g/mol. The molecule has 1 aromatic heterocycles. The van der Waals surface area contributed by atoms with Gasteiger partial charge in [-0.3, -0.25) is 9.59 Å². The fraction of sp³-hybridized carbons (Fsp3) is 0.786. The second-order valence-electron chi connectivity index (χ2n) is 11.4. The van der Waals surface area contributed by atoms with Gasteiger partial charge in [-0.1, -0.05) is 19.3 Å². The maximum atomic E-state index is 12.2. The Labute approximate surface area is 232 Å². The predicted molar refractivity (Wildman–Crippen MR) is 154 cm³/mol. The van der Waals surface area contributed by atoms with E-state index < -0.39 is 5.97 Å². The molecule has 2 aliphatic carbocycles. The fourth-order valence-corrected chi connectivity index (χ4v) is 6.06. The molecule has 0 radical (unpaired) electrons. The van der Waals surface area contributed by atoms with Gasteiger partial charge in [-0.15, -0.1) is 0 Å². The first-order valence-electron chi connectivity index (χ1n) is 15.1. The summed E-state index contributed by atoms with van der Waals surface area (Å²) in [6.07, 6.45) is 12.6. The van der Waals surface area contributed by atoms with Crippen molar-refractivity contribution in [2.75, 3.05) is 61.8 Å². The van der Waals surface area contributed by atoms with E-state index in [0.717, 1.165) is 50.3 Å². The second kappa shape index (κ2) is 15.2. The van der Waals surface area contributed by atoms with E-state index in [2.05, 4.69) is 25.8 Å². The molecule has 2 heterocycles. The van der Waals surface area contributed by atoms with Gasteiger partial charge in [0, 0.05) is 50.7 Å². The van der Waals surface area contributed by atoms with Crippen LogP contribution in [-0.4, -0.2) is 89.7 Å². The van der Waals surface area contributed by atoms with Crippen LogP contribution >= 0.6 is 0 Å². The van der Waals surface area contributed by atoms with Crippen LogP contribution in [0.3, 0.4) is 0 Å². The second-order valence-corrected chi connectivity index (χ2v) is 11.4. The molecule has 1 amide bonds. The number of carboxylic acids is 1. The van der Waals surface area contributed by atoms with Crippen LogP contribution in [0.5, 0.6) is 0 Å². The number of carboxylic acid groups (broad SMARTS) is 1. The topological polar surface area (TPSA) is 149 Å². The summed E-state index contributed by atoms with van der Waals surface area (Å²) in [5.41, 5.74) is 6.12. The zero-order chi connectivity index (χ0) is 27.5. The predicted octanol–water partition coefficient (Wildman–Crippen LogP) is 2.44. The number of nitrogens with zero attached hydrogens (tertiary/aromatic N) is 4. The molecule has 11 nitrogen and oxygen atoms in total. The molecule has 11 heteroatoms. The largest absolute Gasteiger partial charge is 0.481 e. The number of carbonyl (C=O) groups is 2. The fourth-order valence-electron chi connectivity index (χ4n) is 6.06. The number of aliphatic carboxylic acids is 1. The summed E-state index contributed by atoms with van der Waals surface area (Å²) < 4.78 is 0. The first-order chi connectivity index (χ1) is 19.0. The van der Waals surface area contributed by atoms with Crippen LogP contribution in [0, 0.1) is 5.92 Å². The van der Waals surface area contributed by atoms with Crippen molar-refractivity contribution in [2.45, 2.75) is 89.1 Å². The van der Waals surface area contributed by atoms with Crippen LogP contribution in [0.2, 0.25) is 0 Å². The van der Waals surface area contributed by atoms with Crippen LogP contribution in [0.25, 0.3) is 0 Å². The van der Waals surface area contributed by atoms with Gasteiger partial charge in [-0.05, 0) is 70.5 Å². The van der Waals surface area contributed by atoms with E-state index in [4.69, 9.17) is 15.8 Å². The van der Waals surface area contributed by atoms with Gasteiger partial charge in [0.15, 0.2) is 0 Å². The SMILES string of the molecule is Nc1cc(N2CCN(C(=O)CCC(=O)O)CC2)nc(N[C@H]2CC[C@H](CNCCCNC3CCCCC3)CC2)n1. The van der Waals surface area contributed by atoms with Crippen molar-refractivity contribution in [1.29, 1.82) is 0 Å². The first-order valence-corrected chi connectivity index (χ1v) is 15.1. The standard InChI is InChI=1S/C28H48N8O3/c29-24-19-25(35-15-17-36(18-16-35)26(37)11-12-27(38)39)34-28(33-24)32-23-9-7-21(8-10-23)20-30-13-4-14-31-22-5-2-1-3-6-22/h19,21-23,30-31H,1-18,20H2,(H,38,39)(H3,29,32,33,34)/t21-,23-. The molecular weight excluding hydrogens is 496 g/mol. The van der Waals surface area contributed by atoms with Crippen LogP contribution in [0.4, 0.5) is 17.6 Å². The zero-order valence-electron chi connectivity index (χ0n) is 23.4. The molecule has 1 aliphatic heterocycles. The monoisotopic (exact) mass is 544 g/mol. The third-order valence-electron chi connectivity index (χ3n) is 8.42. The number of anilines is 3. The highest BCUT2D eigenvalue weighted by atomic mass is 16.4. The Bertz CT molecular complexity index is 910. The van der Waals surface area contributed by atoms with Crippen molar-refractivity contribution in [2.24, 2.45) is 5.92 Å². The van der Waals surface area contributed by atoms with Gasteiger partial charge in [0.2, 0.25) is 11.9 Å². The Balaban J connectivity index is 1.13. The van der Waals surface area contributed by atoms with Crippen LogP contribution in [-0.2, 0) is 9.59 Å². The molecule has 4 rings (SSSR count). The number of nitrogens with two attached hydrogens (primary N) is 1. The summed E-state index contributed by atoms with van der Waals surface area (Å²) in [4.78, 5) is 36.0.